The third kappa shape index (κ3) is 3.75. The van der Waals surface area contributed by atoms with Gasteiger partial charge in [0.2, 0.25) is 0 Å². The molecule has 3 aromatic rings. The number of fused-ring (bicyclic) bond motifs is 1. The maximum Gasteiger partial charge on any atom is 0.0714 e. The lowest BCUT2D eigenvalue weighted by atomic mass is 9.93. The Labute approximate surface area is 180 Å². The monoisotopic (exact) mass is 400 g/mol. The smallest absolute Gasteiger partial charge is 0.0714 e. The molecule has 30 heavy (non-hydrogen) atoms. The van der Waals surface area contributed by atoms with Crippen LogP contribution in [0.3, 0.4) is 0 Å². The normalized spacial score (nSPS) is 13.6. The van der Waals surface area contributed by atoms with Crippen molar-refractivity contribution in [1.82, 2.24) is 4.98 Å². The molecule has 0 atom stereocenters. The molecule has 4 rings (SSSR count). The summed E-state index contributed by atoms with van der Waals surface area (Å²) >= 11 is 0. The number of hydrogen-bond acceptors (Lipinski definition) is 3. The van der Waals surface area contributed by atoms with Gasteiger partial charge in [-0.25, -0.2) is 0 Å². The van der Waals surface area contributed by atoms with Crippen LogP contribution in [0, 0.1) is 20.8 Å². The molecule has 0 saturated carbocycles. The minimum absolute atomic E-state index is 0.0433. The van der Waals surface area contributed by atoms with Gasteiger partial charge in [-0.05, 0) is 72.2 Å². The van der Waals surface area contributed by atoms with Gasteiger partial charge in [-0.2, -0.15) is 0 Å². The number of aliphatic hydroxyl groups is 1. The predicted octanol–water partition coefficient (Wildman–Crippen LogP) is 5.85. The fraction of sp³-hybridized carbons (Fsp3) is 0.370. The van der Waals surface area contributed by atoms with Crippen molar-refractivity contribution in [2.24, 2.45) is 0 Å². The van der Waals surface area contributed by atoms with E-state index in [1.165, 1.54) is 39.1 Å². The molecule has 1 aliphatic rings. The molecule has 0 amide bonds. The molecule has 0 saturated heterocycles. The Morgan fingerprint density at radius 2 is 1.73 bits per heavy atom. The second kappa shape index (κ2) is 8.23. The Kier molecular flexibility index (Phi) is 5.66. The van der Waals surface area contributed by atoms with Crippen LogP contribution >= 0.6 is 0 Å². The standard InChI is InChI=1S/C27H32N2O/c1-17(2)21-10-9-18(3)26(14-21)29-12-11-24-23(15-29)22(16-30)13-25(28-24)27-19(4)7-6-8-20(27)5/h6-10,13-14,17,30H,11-12,15-16H2,1-5H3. The molecule has 0 unspecified atom stereocenters. The summed E-state index contributed by atoms with van der Waals surface area (Å²) in [4.78, 5) is 7.52. The van der Waals surface area contributed by atoms with E-state index in [9.17, 15) is 5.11 Å². The van der Waals surface area contributed by atoms with Gasteiger partial charge in [-0.3, -0.25) is 4.98 Å². The highest BCUT2D eigenvalue weighted by atomic mass is 16.3. The first-order valence-corrected chi connectivity index (χ1v) is 10.9. The molecule has 1 N–H and O–H groups in total. The number of rotatable bonds is 4. The first-order valence-electron chi connectivity index (χ1n) is 10.9. The maximum atomic E-state index is 10.2. The summed E-state index contributed by atoms with van der Waals surface area (Å²) in [7, 11) is 0. The largest absolute Gasteiger partial charge is 0.392 e. The minimum atomic E-state index is 0.0433. The molecule has 3 nitrogen and oxygen atoms in total. The van der Waals surface area contributed by atoms with Crippen molar-refractivity contribution in [3.63, 3.8) is 0 Å². The van der Waals surface area contributed by atoms with Crippen molar-refractivity contribution in [2.75, 3.05) is 11.4 Å². The van der Waals surface area contributed by atoms with Gasteiger partial charge in [0.25, 0.3) is 0 Å². The van der Waals surface area contributed by atoms with E-state index in [1.807, 2.05) is 0 Å². The van der Waals surface area contributed by atoms with Crippen LogP contribution in [0.5, 0.6) is 0 Å². The highest BCUT2D eigenvalue weighted by Gasteiger charge is 2.23. The third-order valence-electron chi connectivity index (χ3n) is 6.42. The maximum absolute atomic E-state index is 10.2. The third-order valence-corrected chi connectivity index (χ3v) is 6.42. The number of pyridine rings is 1. The van der Waals surface area contributed by atoms with Crippen molar-refractivity contribution >= 4 is 5.69 Å². The van der Waals surface area contributed by atoms with E-state index in [4.69, 9.17) is 4.98 Å². The van der Waals surface area contributed by atoms with E-state index in [1.54, 1.807) is 0 Å². The molecule has 0 spiro atoms. The van der Waals surface area contributed by atoms with E-state index in [0.29, 0.717) is 5.92 Å². The van der Waals surface area contributed by atoms with E-state index >= 15 is 0 Å². The molecule has 2 heterocycles. The minimum Gasteiger partial charge on any atom is -0.392 e. The molecule has 0 bridgehead atoms. The van der Waals surface area contributed by atoms with Crippen LogP contribution in [0.15, 0.2) is 42.5 Å². The van der Waals surface area contributed by atoms with Crippen molar-refractivity contribution in [1.29, 1.82) is 0 Å². The van der Waals surface area contributed by atoms with Gasteiger partial charge in [0.15, 0.2) is 0 Å². The highest BCUT2D eigenvalue weighted by Crippen LogP contribution is 2.34. The zero-order chi connectivity index (χ0) is 21.4. The number of aliphatic hydroxyl groups excluding tert-OH is 1. The molecule has 0 radical (unpaired) electrons. The van der Waals surface area contributed by atoms with Gasteiger partial charge >= 0.3 is 0 Å². The van der Waals surface area contributed by atoms with Gasteiger partial charge in [-0.15, -0.1) is 0 Å². The number of aromatic nitrogens is 1. The molecule has 1 aliphatic heterocycles. The summed E-state index contributed by atoms with van der Waals surface area (Å²) in [6.45, 7) is 12.7. The Morgan fingerprint density at radius 1 is 1.00 bits per heavy atom. The summed E-state index contributed by atoms with van der Waals surface area (Å²) in [5, 5.41) is 10.2. The molecule has 156 valence electrons. The SMILES string of the molecule is Cc1ccc(C(C)C)cc1N1CCc2nc(-c3c(C)cccc3C)cc(CO)c2C1. The highest BCUT2D eigenvalue weighted by molar-refractivity contribution is 5.69. The van der Waals surface area contributed by atoms with E-state index < -0.39 is 0 Å². The lowest BCUT2D eigenvalue weighted by Gasteiger charge is -2.33. The number of aryl methyl sites for hydroxylation is 3. The van der Waals surface area contributed by atoms with Gasteiger partial charge < -0.3 is 10.0 Å². The average Bonchev–Trinajstić information content (AvgIpc) is 2.73. The fourth-order valence-electron chi connectivity index (χ4n) is 4.61. The van der Waals surface area contributed by atoms with Crippen molar-refractivity contribution in [3.05, 3.63) is 81.5 Å². The Bertz CT molecular complexity index is 1050. The predicted molar refractivity (Wildman–Crippen MR) is 125 cm³/mol. The molecular formula is C27H32N2O. The van der Waals surface area contributed by atoms with Crippen molar-refractivity contribution in [3.8, 4) is 11.3 Å². The summed E-state index contributed by atoms with van der Waals surface area (Å²) in [6.07, 6.45) is 0.895. The second-order valence-corrected chi connectivity index (χ2v) is 8.89. The fourth-order valence-corrected chi connectivity index (χ4v) is 4.61. The number of nitrogens with zero attached hydrogens (tertiary/aromatic N) is 2. The average molecular weight is 401 g/mol. The Hall–Kier alpha value is -2.65. The van der Waals surface area contributed by atoms with Crippen molar-refractivity contribution in [2.45, 2.75) is 60.1 Å². The Balaban J connectivity index is 1.74. The quantitative estimate of drug-likeness (QED) is 0.596. The lowest BCUT2D eigenvalue weighted by molar-refractivity contribution is 0.280. The van der Waals surface area contributed by atoms with Crippen LogP contribution < -0.4 is 4.90 Å². The van der Waals surface area contributed by atoms with E-state index in [-0.39, 0.29) is 6.61 Å². The van der Waals surface area contributed by atoms with Gasteiger partial charge in [0.1, 0.15) is 0 Å². The van der Waals surface area contributed by atoms with Crippen LogP contribution in [0.2, 0.25) is 0 Å². The first-order chi connectivity index (χ1) is 14.4. The molecule has 3 heteroatoms. The zero-order valence-corrected chi connectivity index (χ0v) is 18.8. The lowest BCUT2D eigenvalue weighted by Crippen LogP contribution is -2.32. The second-order valence-electron chi connectivity index (χ2n) is 8.89. The van der Waals surface area contributed by atoms with E-state index in [2.05, 4.69) is 82.0 Å². The molecule has 1 aromatic heterocycles. The Morgan fingerprint density at radius 3 is 2.40 bits per heavy atom. The molecule has 0 aliphatic carbocycles. The molecule has 0 fully saturated rings. The number of anilines is 1. The van der Waals surface area contributed by atoms with E-state index in [0.717, 1.165) is 36.5 Å². The van der Waals surface area contributed by atoms with Gasteiger partial charge in [-0.1, -0.05) is 44.2 Å². The van der Waals surface area contributed by atoms with Crippen LogP contribution in [-0.2, 0) is 19.6 Å². The van der Waals surface area contributed by atoms with Crippen LogP contribution in [0.25, 0.3) is 11.3 Å². The van der Waals surface area contributed by atoms with Crippen molar-refractivity contribution < 1.29 is 5.11 Å². The number of benzene rings is 2. The summed E-state index contributed by atoms with van der Waals surface area (Å²) in [5.41, 5.74) is 11.9. The first kappa shape index (κ1) is 20.6. The summed E-state index contributed by atoms with van der Waals surface area (Å²) < 4.78 is 0. The zero-order valence-electron chi connectivity index (χ0n) is 18.8. The number of hydrogen-bond donors (Lipinski definition) is 1. The summed E-state index contributed by atoms with van der Waals surface area (Å²) in [6, 6.07) is 15.2. The topological polar surface area (TPSA) is 36.4 Å². The molecular weight excluding hydrogens is 368 g/mol. The van der Waals surface area contributed by atoms with Crippen LogP contribution in [0.4, 0.5) is 5.69 Å². The van der Waals surface area contributed by atoms with Crippen LogP contribution in [0.1, 0.15) is 58.8 Å². The van der Waals surface area contributed by atoms with Crippen LogP contribution in [-0.4, -0.2) is 16.6 Å². The van der Waals surface area contributed by atoms with Gasteiger partial charge in [0, 0.05) is 36.5 Å². The molecule has 2 aromatic carbocycles. The summed E-state index contributed by atoms with van der Waals surface area (Å²) in [5.74, 6) is 0.510. The van der Waals surface area contributed by atoms with Gasteiger partial charge in [0.05, 0.1) is 12.3 Å².